The predicted octanol–water partition coefficient (Wildman–Crippen LogP) is 0.660. The van der Waals surface area contributed by atoms with E-state index >= 15 is 0 Å². The Balaban J connectivity index is 0.000000921. The number of ether oxygens (including phenoxy) is 1. The van der Waals surface area contributed by atoms with Gasteiger partial charge in [-0.2, -0.15) is 0 Å². The molecule has 0 amide bonds. The molecule has 0 aromatic rings. The molecule has 5 heteroatoms. The molecule has 0 aliphatic heterocycles. The van der Waals surface area contributed by atoms with Crippen LogP contribution in [-0.2, 0) is 9.53 Å². The quantitative estimate of drug-likeness (QED) is 0.437. The molecule has 0 saturated carbocycles. The number of hydrogen-bond donors (Lipinski definition) is 3. The molecule has 1 aliphatic carbocycles. The van der Waals surface area contributed by atoms with Crippen molar-refractivity contribution in [1.82, 2.24) is 0 Å². The number of carbonyl (C=O) groups excluding carboxylic acids is 1. The zero-order chi connectivity index (χ0) is 12.0. The zero-order valence-electron chi connectivity index (χ0n) is 9.05. The number of rotatable bonds is 1. The van der Waals surface area contributed by atoms with E-state index in [4.69, 9.17) is 10.8 Å². The van der Waals surface area contributed by atoms with Crippen LogP contribution in [0.2, 0.25) is 0 Å². The standard InChI is InChI=1S/C9H10N2O2.CH5N/c1-5-3-7(10)8(11)4-6(5)9(12)13-2;1-2/h3-4,10-11H,1-2H3;2H2,1H3. The van der Waals surface area contributed by atoms with Gasteiger partial charge in [0.1, 0.15) is 0 Å². The fraction of sp³-hybridized carbons (Fsp3) is 0.300. The fourth-order valence-electron chi connectivity index (χ4n) is 1.04. The average Bonchev–Trinajstić information content (AvgIpc) is 2.25. The van der Waals surface area contributed by atoms with Gasteiger partial charge < -0.3 is 10.5 Å². The van der Waals surface area contributed by atoms with Crippen LogP contribution >= 0.6 is 0 Å². The van der Waals surface area contributed by atoms with Crippen LogP contribution in [0, 0.1) is 10.8 Å². The van der Waals surface area contributed by atoms with Gasteiger partial charge in [0.15, 0.2) is 0 Å². The molecule has 0 fully saturated rings. The van der Waals surface area contributed by atoms with E-state index in [2.05, 4.69) is 10.5 Å². The monoisotopic (exact) mass is 209 g/mol. The molecular formula is C10H15N3O2. The molecule has 0 unspecified atom stereocenters. The number of esters is 1. The zero-order valence-corrected chi connectivity index (χ0v) is 9.05. The van der Waals surface area contributed by atoms with Crippen LogP contribution in [0.4, 0.5) is 0 Å². The summed E-state index contributed by atoms with van der Waals surface area (Å²) in [6, 6.07) is 0. The lowest BCUT2D eigenvalue weighted by Crippen LogP contribution is -2.17. The first kappa shape index (κ1) is 13.2. The molecule has 0 atom stereocenters. The highest BCUT2D eigenvalue weighted by Gasteiger charge is 2.18. The third-order valence-electron chi connectivity index (χ3n) is 1.77. The lowest BCUT2D eigenvalue weighted by atomic mass is 9.97. The molecule has 0 bridgehead atoms. The van der Waals surface area contributed by atoms with Crippen LogP contribution in [0.5, 0.6) is 0 Å². The molecule has 1 aliphatic rings. The summed E-state index contributed by atoms with van der Waals surface area (Å²) in [7, 11) is 2.79. The van der Waals surface area contributed by atoms with Crippen molar-refractivity contribution in [2.45, 2.75) is 6.92 Å². The number of hydrogen-bond acceptors (Lipinski definition) is 5. The molecule has 0 spiro atoms. The Bertz CT molecular complexity index is 354. The molecule has 0 saturated heterocycles. The molecule has 0 aromatic heterocycles. The van der Waals surface area contributed by atoms with Crippen molar-refractivity contribution in [2.75, 3.05) is 14.2 Å². The van der Waals surface area contributed by atoms with Gasteiger partial charge in [0.25, 0.3) is 0 Å². The lowest BCUT2D eigenvalue weighted by Gasteiger charge is -2.11. The summed E-state index contributed by atoms with van der Waals surface area (Å²) < 4.78 is 4.53. The predicted molar refractivity (Wildman–Crippen MR) is 59.4 cm³/mol. The van der Waals surface area contributed by atoms with Crippen LogP contribution in [-0.4, -0.2) is 31.6 Å². The number of methoxy groups -OCH3 is 1. The van der Waals surface area contributed by atoms with Gasteiger partial charge in [0, 0.05) is 0 Å². The highest BCUT2D eigenvalue weighted by Crippen LogP contribution is 2.15. The molecule has 5 nitrogen and oxygen atoms in total. The van der Waals surface area contributed by atoms with E-state index in [1.54, 1.807) is 6.92 Å². The second kappa shape index (κ2) is 5.87. The van der Waals surface area contributed by atoms with Crippen molar-refractivity contribution in [1.29, 1.82) is 10.8 Å². The SMILES string of the molecule is CN.COC(=O)C1=CC(=N)C(=N)C=C1C. The van der Waals surface area contributed by atoms with E-state index in [-0.39, 0.29) is 11.4 Å². The van der Waals surface area contributed by atoms with Gasteiger partial charge in [-0.05, 0) is 31.7 Å². The van der Waals surface area contributed by atoms with Gasteiger partial charge in [0.2, 0.25) is 0 Å². The van der Waals surface area contributed by atoms with Crippen LogP contribution in [0.15, 0.2) is 23.3 Å². The number of carbonyl (C=O) groups is 1. The smallest absolute Gasteiger partial charge is 0.338 e. The topological polar surface area (TPSA) is 100 Å². The molecule has 4 N–H and O–H groups in total. The van der Waals surface area contributed by atoms with Crippen molar-refractivity contribution in [3.63, 3.8) is 0 Å². The van der Waals surface area contributed by atoms with E-state index in [1.807, 2.05) is 0 Å². The molecule has 0 heterocycles. The van der Waals surface area contributed by atoms with E-state index in [9.17, 15) is 4.79 Å². The number of allylic oxidation sites excluding steroid dienone is 2. The minimum Gasteiger partial charge on any atom is -0.465 e. The second-order valence-electron chi connectivity index (χ2n) is 2.70. The molecule has 15 heavy (non-hydrogen) atoms. The van der Waals surface area contributed by atoms with Gasteiger partial charge in [0.05, 0.1) is 24.1 Å². The molecule has 0 aromatic carbocycles. The Kier molecular flexibility index (Phi) is 5.19. The molecular weight excluding hydrogens is 194 g/mol. The van der Waals surface area contributed by atoms with Crippen LogP contribution in [0.3, 0.4) is 0 Å². The summed E-state index contributed by atoms with van der Waals surface area (Å²) in [5.41, 5.74) is 5.66. The Hall–Kier alpha value is -1.75. The maximum atomic E-state index is 11.1. The third kappa shape index (κ3) is 3.14. The molecule has 82 valence electrons. The fourth-order valence-corrected chi connectivity index (χ4v) is 1.04. The van der Waals surface area contributed by atoms with Crippen LogP contribution < -0.4 is 5.73 Å². The third-order valence-corrected chi connectivity index (χ3v) is 1.77. The Morgan fingerprint density at radius 1 is 1.27 bits per heavy atom. The van der Waals surface area contributed by atoms with E-state index in [0.717, 1.165) is 0 Å². The van der Waals surface area contributed by atoms with E-state index in [1.165, 1.54) is 26.3 Å². The first-order chi connectivity index (χ1) is 7.06. The normalized spacial score (nSPS) is 14.7. The lowest BCUT2D eigenvalue weighted by molar-refractivity contribution is -0.135. The van der Waals surface area contributed by atoms with Crippen LogP contribution in [0.25, 0.3) is 0 Å². The van der Waals surface area contributed by atoms with Gasteiger partial charge in [-0.3, -0.25) is 10.8 Å². The van der Waals surface area contributed by atoms with Gasteiger partial charge in [-0.15, -0.1) is 0 Å². The molecule has 0 radical (unpaired) electrons. The van der Waals surface area contributed by atoms with Gasteiger partial charge in [-0.25, -0.2) is 4.79 Å². The number of nitrogens with one attached hydrogen (secondary N) is 2. The minimum absolute atomic E-state index is 0.0333. The first-order valence-electron chi connectivity index (χ1n) is 4.30. The summed E-state index contributed by atoms with van der Waals surface area (Å²) in [5, 5.41) is 14.6. The largest absolute Gasteiger partial charge is 0.465 e. The first-order valence-corrected chi connectivity index (χ1v) is 4.30. The Morgan fingerprint density at radius 3 is 2.20 bits per heavy atom. The van der Waals surface area contributed by atoms with Crippen molar-refractivity contribution >= 4 is 17.4 Å². The van der Waals surface area contributed by atoms with Gasteiger partial charge in [-0.1, -0.05) is 0 Å². The highest BCUT2D eigenvalue weighted by molar-refractivity contribution is 6.50. The maximum Gasteiger partial charge on any atom is 0.338 e. The van der Waals surface area contributed by atoms with E-state index in [0.29, 0.717) is 11.1 Å². The average molecular weight is 209 g/mol. The van der Waals surface area contributed by atoms with E-state index < -0.39 is 5.97 Å². The van der Waals surface area contributed by atoms with Crippen LogP contribution in [0.1, 0.15) is 6.92 Å². The summed E-state index contributed by atoms with van der Waals surface area (Å²) >= 11 is 0. The van der Waals surface area contributed by atoms with Crippen molar-refractivity contribution in [3.05, 3.63) is 23.3 Å². The van der Waals surface area contributed by atoms with Crippen molar-refractivity contribution < 1.29 is 9.53 Å². The summed E-state index contributed by atoms with van der Waals surface area (Å²) in [6.45, 7) is 1.71. The summed E-state index contributed by atoms with van der Waals surface area (Å²) in [6.07, 6.45) is 2.83. The highest BCUT2D eigenvalue weighted by atomic mass is 16.5. The summed E-state index contributed by atoms with van der Waals surface area (Å²) in [4.78, 5) is 11.1. The second-order valence-corrected chi connectivity index (χ2v) is 2.70. The van der Waals surface area contributed by atoms with Crippen molar-refractivity contribution in [2.24, 2.45) is 5.73 Å². The van der Waals surface area contributed by atoms with Gasteiger partial charge >= 0.3 is 5.97 Å². The minimum atomic E-state index is -0.467. The number of nitrogens with two attached hydrogens (primary N) is 1. The summed E-state index contributed by atoms with van der Waals surface area (Å²) in [5.74, 6) is -0.467. The maximum absolute atomic E-state index is 11.1. The Morgan fingerprint density at radius 2 is 1.73 bits per heavy atom. The molecule has 1 rings (SSSR count). The Labute approximate surface area is 88.6 Å². The van der Waals surface area contributed by atoms with Crippen molar-refractivity contribution in [3.8, 4) is 0 Å².